The molecule has 0 aliphatic rings. The second kappa shape index (κ2) is 7.08. The Hall–Kier alpha value is -1.64. The first kappa shape index (κ1) is 15.4. The van der Waals surface area contributed by atoms with E-state index in [9.17, 15) is 9.18 Å². The molecule has 0 radical (unpaired) electrons. The van der Waals surface area contributed by atoms with Gasteiger partial charge in [0.25, 0.3) is 0 Å². The predicted molar refractivity (Wildman–Crippen MR) is 65.8 cm³/mol. The highest BCUT2D eigenvalue weighted by atomic mass is 19.1. The van der Waals surface area contributed by atoms with Crippen LogP contribution in [-0.4, -0.2) is 42.8 Å². The van der Waals surface area contributed by atoms with Gasteiger partial charge in [0.15, 0.2) is 0 Å². The van der Waals surface area contributed by atoms with Crippen molar-refractivity contribution in [1.29, 1.82) is 0 Å². The predicted octanol–water partition coefficient (Wildman–Crippen LogP) is -0.741. The molecule has 0 bridgehead atoms. The standard InChI is InChI=1S/C11H15BFNO5/c1-18-11(15)10(14)4-7-2-3-8(5-9(7)13)19-6-12(16)17/h2-3,5,10,16-17H,4,6,14H2,1H3. The van der Waals surface area contributed by atoms with Crippen LogP contribution in [0.25, 0.3) is 0 Å². The van der Waals surface area contributed by atoms with E-state index in [1.165, 1.54) is 19.2 Å². The zero-order valence-electron chi connectivity index (χ0n) is 10.4. The number of hydrogen-bond acceptors (Lipinski definition) is 6. The molecule has 6 nitrogen and oxygen atoms in total. The Morgan fingerprint density at radius 2 is 2.21 bits per heavy atom. The minimum Gasteiger partial charge on any atom is -0.496 e. The van der Waals surface area contributed by atoms with Crippen LogP contribution in [0, 0.1) is 5.82 Å². The van der Waals surface area contributed by atoms with Crippen molar-refractivity contribution in [3.05, 3.63) is 29.6 Å². The van der Waals surface area contributed by atoms with Crippen LogP contribution in [0.1, 0.15) is 5.56 Å². The molecule has 1 atom stereocenters. The summed E-state index contributed by atoms with van der Waals surface area (Å²) in [6.45, 7) is -0.361. The van der Waals surface area contributed by atoms with Gasteiger partial charge < -0.3 is 25.3 Å². The number of esters is 1. The summed E-state index contributed by atoms with van der Waals surface area (Å²) in [6, 6.07) is 3.01. The maximum absolute atomic E-state index is 13.7. The highest BCUT2D eigenvalue weighted by molar-refractivity contribution is 6.40. The molecule has 0 heterocycles. The maximum atomic E-state index is 13.7. The molecule has 8 heteroatoms. The zero-order valence-corrected chi connectivity index (χ0v) is 10.4. The fraction of sp³-hybridized carbons (Fsp3) is 0.364. The third-order valence-corrected chi connectivity index (χ3v) is 2.37. The van der Waals surface area contributed by atoms with Crippen LogP contribution < -0.4 is 10.5 Å². The molecule has 1 rings (SSSR count). The summed E-state index contributed by atoms with van der Waals surface area (Å²) in [5, 5.41) is 17.2. The van der Waals surface area contributed by atoms with Gasteiger partial charge in [-0.1, -0.05) is 6.07 Å². The van der Waals surface area contributed by atoms with Gasteiger partial charge >= 0.3 is 13.1 Å². The van der Waals surface area contributed by atoms with E-state index in [0.29, 0.717) is 0 Å². The molecule has 0 saturated heterocycles. The average Bonchev–Trinajstić information content (AvgIpc) is 2.38. The smallest absolute Gasteiger partial charge is 0.491 e. The molecule has 0 aliphatic carbocycles. The van der Waals surface area contributed by atoms with Crippen molar-refractivity contribution >= 4 is 13.1 Å². The third kappa shape index (κ3) is 4.86. The Labute approximate surface area is 110 Å². The highest BCUT2D eigenvalue weighted by Gasteiger charge is 2.17. The number of halogens is 1. The van der Waals surface area contributed by atoms with Gasteiger partial charge in [0.1, 0.15) is 24.1 Å². The van der Waals surface area contributed by atoms with Crippen molar-refractivity contribution in [2.75, 3.05) is 13.6 Å². The SMILES string of the molecule is COC(=O)C(N)Cc1ccc(OCB(O)O)cc1F. The molecular formula is C11H15BFNO5. The molecule has 0 spiro atoms. The van der Waals surface area contributed by atoms with Crippen LogP contribution in [0.15, 0.2) is 18.2 Å². The molecule has 4 N–H and O–H groups in total. The zero-order chi connectivity index (χ0) is 14.4. The molecule has 0 amide bonds. The minimum absolute atomic E-state index is 0.00140. The van der Waals surface area contributed by atoms with Crippen LogP contribution >= 0.6 is 0 Å². The molecule has 104 valence electrons. The first-order valence-electron chi connectivity index (χ1n) is 5.54. The fourth-order valence-electron chi connectivity index (χ4n) is 1.43. The Bertz CT molecular complexity index is 443. The lowest BCUT2D eigenvalue weighted by Gasteiger charge is -2.11. The lowest BCUT2D eigenvalue weighted by atomic mass is 9.95. The number of methoxy groups -OCH3 is 1. The summed E-state index contributed by atoms with van der Waals surface area (Å²) in [5.41, 5.74) is 5.77. The molecule has 1 aromatic carbocycles. The molecule has 0 aliphatic heterocycles. The van der Waals surface area contributed by atoms with Gasteiger partial charge in [0.05, 0.1) is 7.11 Å². The number of ether oxygens (including phenoxy) is 2. The Morgan fingerprint density at radius 1 is 1.53 bits per heavy atom. The summed E-state index contributed by atoms with van der Waals surface area (Å²) in [6.07, 6.45) is 0.00140. The van der Waals surface area contributed by atoms with E-state index in [-0.39, 0.29) is 24.2 Å². The minimum atomic E-state index is -1.63. The molecule has 1 unspecified atom stereocenters. The number of carbonyl (C=O) groups excluding carboxylic acids is 1. The number of hydrogen-bond donors (Lipinski definition) is 3. The highest BCUT2D eigenvalue weighted by Crippen LogP contribution is 2.18. The molecule has 19 heavy (non-hydrogen) atoms. The molecule has 0 fully saturated rings. The average molecular weight is 271 g/mol. The van der Waals surface area contributed by atoms with Crippen molar-refractivity contribution < 1.29 is 28.7 Å². The van der Waals surface area contributed by atoms with Gasteiger partial charge in [0.2, 0.25) is 0 Å². The van der Waals surface area contributed by atoms with Crippen molar-refractivity contribution in [3.63, 3.8) is 0 Å². The van der Waals surface area contributed by atoms with Crippen LogP contribution in [0.5, 0.6) is 5.75 Å². The Balaban J connectivity index is 2.69. The first-order valence-corrected chi connectivity index (χ1v) is 5.54. The number of benzene rings is 1. The van der Waals surface area contributed by atoms with Gasteiger partial charge in [-0.15, -0.1) is 0 Å². The van der Waals surface area contributed by atoms with Crippen molar-refractivity contribution in [3.8, 4) is 5.75 Å². The van der Waals surface area contributed by atoms with Gasteiger partial charge in [0, 0.05) is 12.5 Å². The Kier molecular flexibility index (Phi) is 5.74. The quantitative estimate of drug-likeness (QED) is 0.465. The molecule has 0 aromatic heterocycles. The van der Waals surface area contributed by atoms with Crippen LogP contribution in [0.4, 0.5) is 4.39 Å². The van der Waals surface area contributed by atoms with Gasteiger partial charge in [-0.05, 0) is 11.6 Å². The van der Waals surface area contributed by atoms with Gasteiger partial charge in [-0.3, -0.25) is 4.79 Å². The maximum Gasteiger partial charge on any atom is 0.491 e. The lowest BCUT2D eigenvalue weighted by molar-refractivity contribution is -0.142. The number of nitrogens with two attached hydrogens (primary N) is 1. The largest absolute Gasteiger partial charge is 0.496 e. The van der Waals surface area contributed by atoms with E-state index in [0.717, 1.165) is 6.07 Å². The topological polar surface area (TPSA) is 102 Å². The van der Waals surface area contributed by atoms with E-state index < -0.39 is 24.9 Å². The van der Waals surface area contributed by atoms with Crippen molar-refractivity contribution in [2.24, 2.45) is 5.73 Å². The monoisotopic (exact) mass is 271 g/mol. The first-order chi connectivity index (χ1) is 8.93. The van der Waals surface area contributed by atoms with E-state index in [1.807, 2.05) is 0 Å². The van der Waals surface area contributed by atoms with E-state index in [2.05, 4.69) is 4.74 Å². The second-order valence-corrected chi connectivity index (χ2v) is 3.88. The van der Waals surface area contributed by atoms with E-state index in [1.54, 1.807) is 0 Å². The lowest BCUT2D eigenvalue weighted by Crippen LogP contribution is -2.33. The van der Waals surface area contributed by atoms with Crippen LogP contribution in [0.3, 0.4) is 0 Å². The fourth-order valence-corrected chi connectivity index (χ4v) is 1.43. The van der Waals surface area contributed by atoms with E-state index >= 15 is 0 Å². The van der Waals surface area contributed by atoms with Crippen LogP contribution in [0.2, 0.25) is 0 Å². The summed E-state index contributed by atoms with van der Waals surface area (Å²) in [4.78, 5) is 11.1. The van der Waals surface area contributed by atoms with E-state index in [4.69, 9.17) is 20.5 Å². The van der Waals surface area contributed by atoms with Crippen molar-refractivity contribution in [1.82, 2.24) is 0 Å². The van der Waals surface area contributed by atoms with Gasteiger partial charge in [-0.2, -0.15) is 0 Å². The molecule has 0 saturated carbocycles. The van der Waals surface area contributed by atoms with Gasteiger partial charge in [-0.25, -0.2) is 4.39 Å². The number of rotatable bonds is 6. The summed E-state index contributed by atoms with van der Waals surface area (Å²) < 4.78 is 23.0. The third-order valence-electron chi connectivity index (χ3n) is 2.37. The number of carbonyl (C=O) groups is 1. The van der Waals surface area contributed by atoms with Crippen molar-refractivity contribution in [2.45, 2.75) is 12.5 Å². The molecular weight excluding hydrogens is 256 g/mol. The normalized spacial score (nSPS) is 11.8. The second-order valence-electron chi connectivity index (χ2n) is 3.88. The Morgan fingerprint density at radius 3 is 2.74 bits per heavy atom. The van der Waals surface area contributed by atoms with Crippen LogP contribution in [-0.2, 0) is 16.0 Å². The summed E-state index contributed by atoms with van der Waals surface area (Å²) >= 11 is 0. The summed E-state index contributed by atoms with van der Waals surface area (Å²) in [7, 11) is -0.425. The molecule has 1 aromatic rings. The summed E-state index contributed by atoms with van der Waals surface area (Å²) in [5.74, 6) is -1.06.